The molecule has 4 aromatic rings. The summed E-state index contributed by atoms with van der Waals surface area (Å²) >= 11 is 6.00. The molecule has 0 aliphatic heterocycles. The van der Waals surface area contributed by atoms with Crippen LogP contribution >= 0.6 is 11.6 Å². The van der Waals surface area contributed by atoms with Crippen LogP contribution in [-0.4, -0.2) is 20.5 Å². The van der Waals surface area contributed by atoms with E-state index in [0.717, 1.165) is 6.20 Å². The molecule has 0 bridgehead atoms. The van der Waals surface area contributed by atoms with E-state index in [9.17, 15) is 18.0 Å². The van der Waals surface area contributed by atoms with Crippen molar-refractivity contribution in [3.8, 4) is 11.1 Å². The van der Waals surface area contributed by atoms with E-state index in [0.29, 0.717) is 21.3 Å². The summed E-state index contributed by atoms with van der Waals surface area (Å²) in [5.41, 5.74) is -0.139. The highest BCUT2D eigenvalue weighted by molar-refractivity contribution is 6.33. The monoisotopic (exact) mass is 430 g/mol. The number of amides is 1. The van der Waals surface area contributed by atoms with Gasteiger partial charge in [0.15, 0.2) is 11.3 Å². The zero-order valence-corrected chi connectivity index (χ0v) is 16.3. The topological polar surface area (TPSA) is 59.3 Å². The van der Waals surface area contributed by atoms with Gasteiger partial charge in [0.05, 0.1) is 22.0 Å². The third-order valence-electron chi connectivity index (χ3n) is 4.52. The minimum atomic E-state index is -4.85. The summed E-state index contributed by atoms with van der Waals surface area (Å²) in [5, 5.41) is 6.66. The Labute approximate surface area is 174 Å². The number of aromatic nitrogens is 3. The fourth-order valence-corrected chi connectivity index (χ4v) is 3.41. The number of fused-ring (bicyclic) bond motifs is 1. The van der Waals surface area contributed by atoms with Gasteiger partial charge < -0.3 is 5.32 Å². The molecule has 5 nitrogen and oxygen atoms in total. The predicted octanol–water partition coefficient (Wildman–Crippen LogP) is 5.63. The molecule has 0 saturated heterocycles. The lowest BCUT2D eigenvalue weighted by Crippen LogP contribution is -2.23. The molecule has 2 heterocycles. The number of alkyl halides is 3. The maximum atomic E-state index is 14.0. The molecule has 0 atom stereocenters. The van der Waals surface area contributed by atoms with Crippen molar-refractivity contribution in [2.24, 2.45) is 0 Å². The molecule has 4 rings (SSSR count). The Balaban J connectivity index is 1.90. The van der Waals surface area contributed by atoms with Crippen LogP contribution < -0.4 is 5.32 Å². The molecule has 0 aliphatic rings. The molecule has 2 aromatic carbocycles. The second kappa shape index (κ2) is 7.46. The maximum Gasteiger partial charge on any atom is 0.434 e. The second-order valence-electron chi connectivity index (χ2n) is 6.51. The van der Waals surface area contributed by atoms with Crippen LogP contribution in [0, 0.1) is 6.92 Å². The van der Waals surface area contributed by atoms with Gasteiger partial charge >= 0.3 is 6.18 Å². The first-order valence-electron chi connectivity index (χ1n) is 8.84. The third kappa shape index (κ3) is 3.50. The Kier molecular flexibility index (Phi) is 4.95. The number of rotatable bonds is 3. The van der Waals surface area contributed by atoms with E-state index < -0.39 is 23.3 Å². The fraction of sp³-hybridized carbons (Fsp3) is 0.0952. The lowest BCUT2D eigenvalue weighted by Gasteiger charge is -2.14. The Bertz CT molecular complexity index is 1250. The van der Waals surface area contributed by atoms with Crippen LogP contribution in [0.15, 0.2) is 60.8 Å². The van der Waals surface area contributed by atoms with Crippen molar-refractivity contribution in [3.05, 3.63) is 82.8 Å². The smallest absolute Gasteiger partial charge is 0.321 e. The van der Waals surface area contributed by atoms with Crippen LogP contribution in [-0.2, 0) is 6.18 Å². The number of hydrogen-bond acceptors (Lipinski definition) is 3. The molecular formula is C21H14ClF3N4O. The van der Waals surface area contributed by atoms with Crippen molar-refractivity contribution in [2.75, 3.05) is 5.32 Å². The molecule has 30 heavy (non-hydrogen) atoms. The van der Waals surface area contributed by atoms with Crippen LogP contribution in [0.25, 0.3) is 16.8 Å². The summed E-state index contributed by atoms with van der Waals surface area (Å²) in [6.07, 6.45) is -3.93. The lowest BCUT2D eigenvalue weighted by molar-refractivity contribution is -0.143. The summed E-state index contributed by atoms with van der Waals surface area (Å²) in [7, 11) is 0. The molecule has 0 aliphatic carbocycles. The number of halogens is 4. The van der Waals surface area contributed by atoms with Gasteiger partial charge in [0.25, 0.3) is 5.91 Å². The van der Waals surface area contributed by atoms with E-state index in [4.69, 9.17) is 11.6 Å². The van der Waals surface area contributed by atoms with E-state index in [1.165, 1.54) is 12.1 Å². The van der Waals surface area contributed by atoms with Gasteiger partial charge in [-0.15, -0.1) is 0 Å². The van der Waals surface area contributed by atoms with Crippen molar-refractivity contribution in [1.29, 1.82) is 0 Å². The Morgan fingerprint density at radius 2 is 1.73 bits per heavy atom. The molecule has 0 fully saturated rings. The zero-order valence-electron chi connectivity index (χ0n) is 15.5. The van der Waals surface area contributed by atoms with E-state index in [-0.39, 0.29) is 16.4 Å². The Hall–Kier alpha value is -3.39. The number of anilines is 1. The summed E-state index contributed by atoms with van der Waals surface area (Å²) in [6, 6.07) is 15.1. The highest BCUT2D eigenvalue weighted by Crippen LogP contribution is 2.36. The number of benzene rings is 2. The number of carbonyl (C=O) groups excluding carboxylic acids is 1. The summed E-state index contributed by atoms with van der Waals surface area (Å²) < 4.78 is 42.7. The van der Waals surface area contributed by atoms with E-state index in [1.54, 1.807) is 49.4 Å². The maximum absolute atomic E-state index is 14.0. The largest absolute Gasteiger partial charge is 0.434 e. The number of para-hydroxylation sites is 1. The quantitative estimate of drug-likeness (QED) is 0.458. The molecule has 0 radical (unpaired) electrons. The van der Waals surface area contributed by atoms with Crippen molar-refractivity contribution in [3.63, 3.8) is 0 Å². The molecule has 152 valence electrons. The van der Waals surface area contributed by atoms with Gasteiger partial charge in [-0.25, -0.2) is 9.50 Å². The van der Waals surface area contributed by atoms with E-state index in [1.807, 2.05) is 0 Å². The van der Waals surface area contributed by atoms with Crippen LogP contribution in [0.4, 0.5) is 18.9 Å². The standard InChI is InChI=1S/C21H14ClF3N4O/c1-12-17(13-7-3-2-4-8-13)19-26-11-14(18(21(23,24)25)29(19)28-12)20(30)27-16-10-6-5-9-15(16)22/h2-11H,1H3,(H,27,30). The van der Waals surface area contributed by atoms with Crippen LogP contribution in [0.1, 0.15) is 21.7 Å². The molecule has 9 heteroatoms. The van der Waals surface area contributed by atoms with Crippen molar-refractivity contribution < 1.29 is 18.0 Å². The van der Waals surface area contributed by atoms with Crippen LogP contribution in [0.5, 0.6) is 0 Å². The summed E-state index contributed by atoms with van der Waals surface area (Å²) in [6.45, 7) is 1.60. The predicted molar refractivity (Wildman–Crippen MR) is 108 cm³/mol. The van der Waals surface area contributed by atoms with Gasteiger partial charge in [0, 0.05) is 11.8 Å². The second-order valence-corrected chi connectivity index (χ2v) is 6.92. The summed E-state index contributed by atoms with van der Waals surface area (Å²) in [4.78, 5) is 16.8. The number of nitrogens with one attached hydrogen (secondary N) is 1. The fourth-order valence-electron chi connectivity index (χ4n) is 3.23. The zero-order chi connectivity index (χ0) is 21.5. The van der Waals surface area contributed by atoms with Crippen molar-refractivity contribution >= 4 is 28.8 Å². The van der Waals surface area contributed by atoms with Crippen molar-refractivity contribution in [1.82, 2.24) is 14.6 Å². The first-order valence-corrected chi connectivity index (χ1v) is 9.22. The van der Waals surface area contributed by atoms with E-state index in [2.05, 4.69) is 15.4 Å². The number of nitrogens with zero attached hydrogens (tertiary/aromatic N) is 3. The van der Waals surface area contributed by atoms with Crippen LogP contribution in [0.3, 0.4) is 0 Å². The molecule has 2 aromatic heterocycles. The number of hydrogen-bond donors (Lipinski definition) is 1. The van der Waals surface area contributed by atoms with Gasteiger partial charge in [0.2, 0.25) is 0 Å². The highest BCUT2D eigenvalue weighted by atomic mass is 35.5. The SMILES string of the molecule is Cc1nn2c(C(F)(F)F)c(C(=O)Nc3ccccc3Cl)cnc2c1-c1ccccc1. The van der Waals surface area contributed by atoms with E-state index >= 15 is 0 Å². The average molecular weight is 431 g/mol. The first-order chi connectivity index (χ1) is 14.3. The molecule has 1 amide bonds. The highest BCUT2D eigenvalue weighted by Gasteiger charge is 2.40. The third-order valence-corrected chi connectivity index (χ3v) is 4.85. The minimum Gasteiger partial charge on any atom is -0.321 e. The minimum absolute atomic E-state index is 0.0142. The molecule has 0 spiro atoms. The average Bonchev–Trinajstić information content (AvgIpc) is 3.04. The molecule has 0 unspecified atom stereocenters. The normalized spacial score (nSPS) is 11.6. The lowest BCUT2D eigenvalue weighted by atomic mass is 10.1. The number of carbonyl (C=O) groups is 1. The summed E-state index contributed by atoms with van der Waals surface area (Å²) in [5.74, 6) is -0.987. The van der Waals surface area contributed by atoms with Gasteiger partial charge in [-0.3, -0.25) is 4.79 Å². The van der Waals surface area contributed by atoms with Gasteiger partial charge in [-0.2, -0.15) is 18.3 Å². The molecule has 0 saturated carbocycles. The van der Waals surface area contributed by atoms with Gasteiger partial charge in [0.1, 0.15) is 0 Å². The van der Waals surface area contributed by atoms with Crippen molar-refractivity contribution in [2.45, 2.75) is 13.1 Å². The Morgan fingerprint density at radius 1 is 1.07 bits per heavy atom. The van der Waals surface area contributed by atoms with Crippen LogP contribution in [0.2, 0.25) is 5.02 Å². The molecular weight excluding hydrogens is 417 g/mol. The van der Waals surface area contributed by atoms with Gasteiger partial charge in [-0.05, 0) is 24.6 Å². The number of aryl methyl sites for hydroxylation is 1. The Morgan fingerprint density at radius 3 is 2.40 bits per heavy atom. The molecule has 1 N–H and O–H groups in total. The van der Waals surface area contributed by atoms with Gasteiger partial charge in [-0.1, -0.05) is 54.1 Å². The first kappa shape index (κ1) is 19.9.